The molecule has 0 saturated carbocycles. The van der Waals surface area contributed by atoms with Gasteiger partial charge in [0.05, 0.1) is 27.8 Å². The van der Waals surface area contributed by atoms with Crippen LogP contribution in [0.15, 0.2) is 77.6 Å². The van der Waals surface area contributed by atoms with Gasteiger partial charge in [-0.25, -0.2) is 9.78 Å². The van der Waals surface area contributed by atoms with Crippen molar-refractivity contribution >= 4 is 28.0 Å². The molecular weight excluding hydrogens is 526 g/mol. The molecule has 1 aliphatic rings. The number of ether oxygens (including phenoxy) is 1. The molecule has 2 atom stereocenters. The van der Waals surface area contributed by atoms with Crippen LogP contribution in [-0.2, 0) is 22.5 Å². The van der Waals surface area contributed by atoms with E-state index in [1.165, 1.54) is 0 Å². The van der Waals surface area contributed by atoms with Crippen LogP contribution in [-0.4, -0.2) is 56.7 Å². The summed E-state index contributed by atoms with van der Waals surface area (Å²) in [4.78, 5) is 36.0. The number of amides is 1. The fourth-order valence-corrected chi connectivity index (χ4v) is 6.42. The van der Waals surface area contributed by atoms with Gasteiger partial charge in [0, 0.05) is 45.7 Å². The number of aromatic nitrogens is 4. The number of para-hydroxylation sites is 4. The fraction of sp³-hybridized carbons (Fsp3) is 0.382. The normalized spacial score (nSPS) is 16.3. The zero-order valence-electron chi connectivity index (χ0n) is 24.5. The number of fused-ring (bicyclic) bond motifs is 2. The minimum Gasteiger partial charge on any atom is -0.385 e. The second-order valence-corrected chi connectivity index (χ2v) is 11.6. The Morgan fingerprint density at radius 3 is 2.62 bits per heavy atom. The standard InChI is InChI=1S/C34H39N5O3/c1-24(21-25-14-16-27(17-15-25)39-31-13-6-4-11-29(31)36-34(39)41)22-32(40)37-18-7-9-26(23-37)33-35-28-10-3-5-12-30(28)38(33)19-8-20-42-2/h3-6,10-17,24,26H,7-9,18-23H2,1-2H3,(H,36,41)/t24-,26-/m1/s1. The Bertz CT molecular complexity index is 1730. The number of carbonyl (C=O) groups excluding carboxylic acids is 1. The maximum Gasteiger partial charge on any atom is 0.331 e. The topological polar surface area (TPSA) is 85.1 Å². The second-order valence-electron chi connectivity index (χ2n) is 11.6. The molecule has 0 unspecified atom stereocenters. The molecule has 0 bridgehead atoms. The minimum absolute atomic E-state index is 0.145. The molecule has 3 aromatic carbocycles. The Hall–Kier alpha value is -4.17. The van der Waals surface area contributed by atoms with Crippen molar-refractivity contribution in [3.05, 3.63) is 94.7 Å². The quantitative estimate of drug-likeness (QED) is 0.221. The highest BCUT2D eigenvalue weighted by molar-refractivity contribution is 5.78. The first-order chi connectivity index (χ1) is 20.5. The van der Waals surface area contributed by atoms with Gasteiger partial charge in [-0.15, -0.1) is 0 Å². The first kappa shape index (κ1) is 28.0. The molecule has 0 aliphatic carbocycles. The number of carbonyl (C=O) groups is 1. The predicted octanol–water partition coefficient (Wildman–Crippen LogP) is 5.68. The highest BCUT2D eigenvalue weighted by Gasteiger charge is 2.29. The largest absolute Gasteiger partial charge is 0.385 e. The van der Waals surface area contributed by atoms with Crippen LogP contribution in [0, 0.1) is 5.92 Å². The number of likely N-dealkylation sites (tertiary alicyclic amines) is 1. The lowest BCUT2D eigenvalue weighted by molar-refractivity contribution is -0.133. The molecule has 42 heavy (non-hydrogen) atoms. The molecular formula is C34H39N5O3. The Balaban J connectivity index is 1.10. The Morgan fingerprint density at radius 1 is 1.05 bits per heavy atom. The lowest BCUT2D eigenvalue weighted by Gasteiger charge is -2.33. The van der Waals surface area contributed by atoms with E-state index < -0.39 is 0 Å². The van der Waals surface area contributed by atoms with Gasteiger partial charge >= 0.3 is 5.69 Å². The lowest BCUT2D eigenvalue weighted by atomic mass is 9.94. The van der Waals surface area contributed by atoms with E-state index in [0.29, 0.717) is 19.6 Å². The maximum atomic E-state index is 13.5. The van der Waals surface area contributed by atoms with Crippen LogP contribution in [0.5, 0.6) is 0 Å². The van der Waals surface area contributed by atoms with Gasteiger partial charge in [-0.3, -0.25) is 9.36 Å². The molecule has 8 nitrogen and oxygen atoms in total. The van der Waals surface area contributed by atoms with Crippen molar-refractivity contribution in [3.8, 4) is 5.69 Å². The van der Waals surface area contributed by atoms with Crippen LogP contribution in [0.1, 0.15) is 49.9 Å². The fourth-order valence-electron chi connectivity index (χ4n) is 6.42. The average Bonchev–Trinajstić information content (AvgIpc) is 3.55. The SMILES string of the molecule is COCCCn1c([C@@H]2CCCN(C(=O)C[C@H](C)Cc3ccc(-n4c(=O)[nH]c5ccccc54)cc3)C2)nc2ccccc21. The lowest BCUT2D eigenvalue weighted by Crippen LogP contribution is -2.40. The van der Waals surface area contributed by atoms with E-state index in [4.69, 9.17) is 9.72 Å². The van der Waals surface area contributed by atoms with Gasteiger partial charge < -0.3 is 19.2 Å². The molecule has 1 amide bonds. The number of aryl methyl sites for hydroxylation is 1. The van der Waals surface area contributed by atoms with Gasteiger partial charge in [0.1, 0.15) is 5.82 Å². The highest BCUT2D eigenvalue weighted by atomic mass is 16.5. The second kappa shape index (κ2) is 12.4. The van der Waals surface area contributed by atoms with E-state index in [1.54, 1.807) is 11.7 Å². The number of piperidine rings is 1. The third-order valence-corrected chi connectivity index (χ3v) is 8.44. The highest BCUT2D eigenvalue weighted by Crippen LogP contribution is 2.30. The summed E-state index contributed by atoms with van der Waals surface area (Å²) in [5.41, 5.74) is 5.70. The van der Waals surface area contributed by atoms with Crippen LogP contribution >= 0.6 is 0 Å². The molecule has 1 fully saturated rings. The van der Waals surface area contributed by atoms with Gasteiger partial charge in [-0.2, -0.15) is 0 Å². The van der Waals surface area contributed by atoms with Crippen LogP contribution in [0.4, 0.5) is 0 Å². The first-order valence-electron chi connectivity index (χ1n) is 15.0. The van der Waals surface area contributed by atoms with Gasteiger partial charge in [0.15, 0.2) is 0 Å². The van der Waals surface area contributed by atoms with E-state index in [1.807, 2.05) is 42.5 Å². The average molecular weight is 566 g/mol. The number of hydrogen-bond acceptors (Lipinski definition) is 4. The number of imidazole rings is 2. The van der Waals surface area contributed by atoms with Crippen molar-refractivity contribution in [1.29, 1.82) is 0 Å². The van der Waals surface area contributed by atoms with Crippen LogP contribution < -0.4 is 5.69 Å². The van der Waals surface area contributed by atoms with Crippen molar-refractivity contribution < 1.29 is 9.53 Å². The third kappa shape index (κ3) is 5.77. The Kier molecular flexibility index (Phi) is 8.24. The molecule has 0 spiro atoms. The van der Waals surface area contributed by atoms with E-state index in [-0.39, 0.29) is 23.4 Å². The summed E-state index contributed by atoms with van der Waals surface area (Å²) in [5.74, 6) is 1.75. The van der Waals surface area contributed by atoms with E-state index in [9.17, 15) is 9.59 Å². The summed E-state index contributed by atoms with van der Waals surface area (Å²) >= 11 is 0. The molecule has 0 radical (unpaired) electrons. The van der Waals surface area contributed by atoms with Crippen LogP contribution in [0.3, 0.4) is 0 Å². The molecule has 2 aromatic heterocycles. The first-order valence-corrected chi connectivity index (χ1v) is 15.0. The smallest absolute Gasteiger partial charge is 0.331 e. The van der Waals surface area contributed by atoms with Gasteiger partial charge in [-0.1, -0.05) is 43.3 Å². The van der Waals surface area contributed by atoms with Crippen molar-refractivity contribution in [2.24, 2.45) is 5.92 Å². The monoisotopic (exact) mass is 565 g/mol. The predicted molar refractivity (Wildman–Crippen MR) is 166 cm³/mol. The number of nitrogens with one attached hydrogen (secondary N) is 1. The molecule has 3 heterocycles. The zero-order chi connectivity index (χ0) is 29.1. The van der Waals surface area contributed by atoms with Gasteiger partial charge in [0.25, 0.3) is 0 Å². The molecule has 1 aliphatic heterocycles. The number of methoxy groups -OCH3 is 1. The molecule has 6 rings (SSSR count). The van der Waals surface area contributed by atoms with Crippen molar-refractivity contribution in [1.82, 2.24) is 24.0 Å². The molecule has 1 N–H and O–H groups in total. The Morgan fingerprint density at radius 2 is 1.81 bits per heavy atom. The summed E-state index contributed by atoms with van der Waals surface area (Å²) < 4.78 is 9.34. The summed E-state index contributed by atoms with van der Waals surface area (Å²) in [6.07, 6.45) is 4.28. The summed E-state index contributed by atoms with van der Waals surface area (Å²) in [7, 11) is 1.74. The van der Waals surface area contributed by atoms with E-state index >= 15 is 0 Å². The Labute approximate surface area is 245 Å². The number of hydrogen-bond donors (Lipinski definition) is 1. The summed E-state index contributed by atoms with van der Waals surface area (Å²) in [5, 5.41) is 0. The zero-order valence-corrected chi connectivity index (χ0v) is 24.5. The number of rotatable bonds is 10. The maximum absolute atomic E-state index is 13.5. The molecule has 5 aromatic rings. The number of benzene rings is 3. The minimum atomic E-state index is -0.145. The van der Waals surface area contributed by atoms with Crippen molar-refractivity contribution in [3.63, 3.8) is 0 Å². The summed E-state index contributed by atoms with van der Waals surface area (Å²) in [6, 6.07) is 24.1. The molecule has 218 valence electrons. The van der Waals surface area contributed by atoms with Gasteiger partial charge in [0.2, 0.25) is 5.91 Å². The number of nitrogens with zero attached hydrogens (tertiary/aromatic N) is 4. The molecule has 1 saturated heterocycles. The van der Waals surface area contributed by atoms with Gasteiger partial charge in [-0.05, 0) is 73.6 Å². The van der Waals surface area contributed by atoms with Crippen molar-refractivity contribution in [2.75, 3.05) is 26.8 Å². The van der Waals surface area contributed by atoms with Crippen LogP contribution in [0.2, 0.25) is 0 Å². The van der Waals surface area contributed by atoms with E-state index in [0.717, 1.165) is 77.9 Å². The van der Waals surface area contributed by atoms with E-state index in [2.05, 4.69) is 51.7 Å². The molecule has 8 heteroatoms. The number of aromatic amines is 1. The number of H-pyrrole nitrogens is 1. The van der Waals surface area contributed by atoms with Crippen molar-refractivity contribution in [2.45, 2.75) is 51.5 Å². The third-order valence-electron chi connectivity index (χ3n) is 8.44. The summed E-state index contributed by atoms with van der Waals surface area (Å²) in [6.45, 7) is 5.24. The van der Waals surface area contributed by atoms with Crippen LogP contribution in [0.25, 0.3) is 27.8 Å².